The Bertz CT molecular complexity index is 275. The van der Waals surface area contributed by atoms with Crippen LogP contribution in [0.25, 0.3) is 0 Å². The molecule has 0 heterocycles. The van der Waals surface area contributed by atoms with E-state index in [1.54, 1.807) is 0 Å². The zero-order chi connectivity index (χ0) is 12.4. The SMILES string of the molecule is C[C@@H]1CC[C@H](N(C)CC(=O)NC2CC2)C[C@@H]1C. The van der Waals surface area contributed by atoms with Crippen LogP contribution >= 0.6 is 0 Å². The first kappa shape index (κ1) is 12.9. The summed E-state index contributed by atoms with van der Waals surface area (Å²) in [6, 6.07) is 1.09. The van der Waals surface area contributed by atoms with E-state index in [9.17, 15) is 4.79 Å². The minimum absolute atomic E-state index is 0.210. The van der Waals surface area contributed by atoms with Crippen LogP contribution in [-0.2, 0) is 4.79 Å². The van der Waals surface area contributed by atoms with E-state index in [2.05, 4.69) is 31.1 Å². The summed E-state index contributed by atoms with van der Waals surface area (Å²) in [5.74, 6) is 1.85. The zero-order valence-electron chi connectivity index (χ0n) is 11.4. The monoisotopic (exact) mass is 238 g/mol. The van der Waals surface area contributed by atoms with Gasteiger partial charge in [0.05, 0.1) is 6.54 Å². The molecule has 0 radical (unpaired) electrons. The fourth-order valence-corrected chi connectivity index (χ4v) is 2.78. The maximum Gasteiger partial charge on any atom is 0.234 e. The lowest BCUT2D eigenvalue weighted by atomic mass is 9.78. The maximum absolute atomic E-state index is 11.7. The summed E-state index contributed by atoms with van der Waals surface area (Å²) in [4.78, 5) is 14.0. The summed E-state index contributed by atoms with van der Waals surface area (Å²) in [6.07, 6.45) is 6.15. The normalized spacial score (nSPS) is 33.8. The molecule has 98 valence electrons. The van der Waals surface area contributed by atoms with Crippen LogP contribution in [-0.4, -0.2) is 36.5 Å². The van der Waals surface area contributed by atoms with Crippen molar-refractivity contribution in [3.05, 3.63) is 0 Å². The molecule has 2 aliphatic carbocycles. The second kappa shape index (κ2) is 5.38. The van der Waals surface area contributed by atoms with Crippen molar-refractivity contribution in [3.63, 3.8) is 0 Å². The van der Waals surface area contributed by atoms with Crippen molar-refractivity contribution in [2.45, 2.75) is 58.0 Å². The average molecular weight is 238 g/mol. The molecule has 3 heteroatoms. The predicted molar refractivity (Wildman–Crippen MR) is 69.8 cm³/mol. The summed E-state index contributed by atoms with van der Waals surface area (Å²) in [7, 11) is 2.10. The van der Waals surface area contributed by atoms with Gasteiger partial charge in [-0.25, -0.2) is 0 Å². The smallest absolute Gasteiger partial charge is 0.234 e. The first-order valence-corrected chi connectivity index (χ1v) is 7.06. The molecule has 2 rings (SSSR count). The van der Waals surface area contributed by atoms with Crippen molar-refractivity contribution in [3.8, 4) is 0 Å². The van der Waals surface area contributed by atoms with Gasteiger partial charge in [-0.2, -0.15) is 0 Å². The lowest BCUT2D eigenvalue weighted by Gasteiger charge is -2.37. The Morgan fingerprint density at radius 2 is 1.88 bits per heavy atom. The van der Waals surface area contributed by atoms with Gasteiger partial charge in [-0.15, -0.1) is 0 Å². The van der Waals surface area contributed by atoms with Gasteiger partial charge in [-0.1, -0.05) is 13.8 Å². The summed E-state index contributed by atoms with van der Waals surface area (Å²) in [6.45, 7) is 5.26. The number of carbonyl (C=O) groups excluding carboxylic acids is 1. The number of rotatable bonds is 4. The summed E-state index contributed by atoms with van der Waals surface area (Å²) in [5.41, 5.74) is 0. The van der Waals surface area contributed by atoms with E-state index >= 15 is 0 Å². The molecule has 3 atom stereocenters. The molecule has 1 N–H and O–H groups in total. The number of carbonyl (C=O) groups is 1. The standard InChI is InChI=1S/C14H26N2O/c1-10-4-7-13(8-11(10)2)16(3)9-14(17)15-12-5-6-12/h10-13H,4-9H2,1-3H3,(H,15,17)/t10-,11+,13+/m1/s1. The first-order valence-electron chi connectivity index (χ1n) is 7.06. The molecule has 3 nitrogen and oxygen atoms in total. The third-order valence-electron chi connectivity index (χ3n) is 4.53. The van der Waals surface area contributed by atoms with E-state index in [1.807, 2.05) is 0 Å². The van der Waals surface area contributed by atoms with Crippen molar-refractivity contribution in [1.29, 1.82) is 0 Å². The predicted octanol–water partition coefficient (Wildman–Crippen LogP) is 2.02. The maximum atomic E-state index is 11.7. The molecule has 0 aromatic rings. The summed E-state index contributed by atoms with van der Waals surface area (Å²) in [5, 5.41) is 3.06. The number of nitrogens with zero attached hydrogens (tertiary/aromatic N) is 1. The van der Waals surface area contributed by atoms with E-state index in [0.29, 0.717) is 18.6 Å². The van der Waals surface area contributed by atoms with Gasteiger partial charge in [-0.05, 0) is 51.0 Å². The van der Waals surface area contributed by atoms with Crippen molar-refractivity contribution in [2.75, 3.05) is 13.6 Å². The Kier molecular flexibility index (Phi) is 4.08. The topological polar surface area (TPSA) is 32.3 Å². The van der Waals surface area contributed by atoms with E-state index in [-0.39, 0.29) is 5.91 Å². The van der Waals surface area contributed by atoms with Crippen LogP contribution in [0.3, 0.4) is 0 Å². The van der Waals surface area contributed by atoms with Gasteiger partial charge in [-0.3, -0.25) is 9.69 Å². The number of likely N-dealkylation sites (N-methyl/N-ethyl adjacent to an activating group) is 1. The Morgan fingerprint density at radius 1 is 1.18 bits per heavy atom. The fourth-order valence-electron chi connectivity index (χ4n) is 2.78. The van der Waals surface area contributed by atoms with Crippen molar-refractivity contribution < 1.29 is 4.79 Å². The molecule has 2 fully saturated rings. The Morgan fingerprint density at radius 3 is 2.47 bits per heavy atom. The van der Waals surface area contributed by atoms with Gasteiger partial charge in [0.1, 0.15) is 0 Å². The van der Waals surface area contributed by atoms with Crippen LogP contribution in [0.2, 0.25) is 0 Å². The van der Waals surface area contributed by atoms with Gasteiger partial charge in [0.2, 0.25) is 5.91 Å². The molecule has 0 aliphatic heterocycles. The van der Waals surface area contributed by atoms with E-state index < -0.39 is 0 Å². The molecule has 0 spiro atoms. The van der Waals surface area contributed by atoms with E-state index in [4.69, 9.17) is 0 Å². The largest absolute Gasteiger partial charge is 0.352 e. The van der Waals surface area contributed by atoms with Crippen LogP contribution in [0.1, 0.15) is 46.0 Å². The Labute approximate surface area is 105 Å². The molecule has 0 bridgehead atoms. The summed E-state index contributed by atoms with van der Waals surface area (Å²) < 4.78 is 0. The molecule has 0 aromatic carbocycles. The molecular weight excluding hydrogens is 212 g/mol. The van der Waals surface area contributed by atoms with Gasteiger partial charge in [0, 0.05) is 12.1 Å². The molecule has 2 aliphatic rings. The van der Waals surface area contributed by atoms with Crippen molar-refractivity contribution >= 4 is 5.91 Å². The van der Waals surface area contributed by atoms with E-state index in [0.717, 1.165) is 11.8 Å². The highest BCUT2D eigenvalue weighted by Crippen LogP contribution is 2.31. The number of hydrogen-bond acceptors (Lipinski definition) is 2. The van der Waals surface area contributed by atoms with Crippen LogP contribution < -0.4 is 5.32 Å². The number of amides is 1. The quantitative estimate of drug-likeness (QED) is 0.812. The van der Waals surface area contributed by atoms with Crippen LogP contribution in [0.5, 0.6) is 0 Å². The molecule has 0 saturated heterocycles. The average Bonchev–Trinajstić information content (AvgIpc) is 3.05. The molecular formula is C14H26N2O. The molecule has 1 amide bonds. The second-order valence-electron chi connectivity index (χ2n) is 6.18. The molecule has 17 heavy (non-hydrogen) atoms. The second-order valence-corrected chi connectivity index (χ2v) is 6.18. The Balaban J connectivity index is 1.74. The lowest BCUT2D eigenvalue weighted by Crippen LogP contribution is -2.43. The van der Waals surface area contributed by atoms with Gasteiger partial charge in [0.25, 0.3) is 0 Å². The highest BCUT2D eigenvalue weighted by atomic mass is 16.2. The minimum Gasteiger partial charge on any atom is -0.352 e. The third kappa shape index (κ3) is 3.70. The van der Waals surface area contributed by atoms with Crippen LogP contribution in [0.15, 0.2) is 0 Å². The zero-order valence-corrected chi connectivity index (χ0v) is 11.4. The summed E-state index contributed by atoms with van der Waals surface area (Å²) >= 11 is 0. The third-order valence-corrected chi connectivity index (χ3v) is 4.53. The molecule has 0 unspecified atom stereocenters. The highest BCUT2D eigenvalue weighted by molar-refractivity contribution is 5.78. The lowest BCUT2D eigenvalue weighted by molar-refractivity contribution is -0.122. The first-order chi connectivity index (χ1) is 8.06. The minimum atomic E-state index is 0.210. The molecule has 0 aromatic heterocycles. The van der Waals surface area contributed by atoms with Gasteiger partial charge >= 0.3 is 0 Å². The van der Waals surface area contributed by atoms with E-state index in [1.165, 1.54) is 32.1 Å². The highest BCUT2D eigenvalue weighted by Gasteiger charge is 2.29. The van der Waals surface area contributed by atoms with Crippen LogP contribution in [0, 0.1) is 11.8 Å². The van der Waals surface area contributed by atoms with Gasteiger partial charge < -0.3 is 5.32 Å². The van der Waals surface area contributed by atoms with Crippen molar-refractivity contribution in [1.82, 2.24) is 10.2 Å². The van der Waals surface area contributed by atoms with Crippen LogP contribution in [0.4, 0.5) is 0 Å². The molecule has 2 saturated carbocycles. The van der Waals surface area contributed by atoms with Gasteiger partial charge in [0.15, 0.2) is 0 Å². The Hall–Kier alpha value is -0.570. The van der Waals surface area contributed by atoms with Crippen molar-refractivity contribution in [2.24, 2.45) is 11.8 Å². The number of nitrogens with one attached hydrogen (secondary N) is 1. The number of hydrogen-bond donors (Lipinski definition) is 1. The fraction of sp³-hybridized carbons (Fsp3) is 0.929.